The minimum atomic E-state index is 1.29. The maximum absolute atomic E-state index is 2.22. The van der Waals surface area contributed by atoms with Crippen LogP contribution in [-0.2, 0) is 0 Å². The van der Waals surface area contributed by atoms with Crippen LogP contribution in [0.4, 0.5) is 17.1 Å². The number of rotatable bonds is 1. The van der Waals surface area contributed by atoms with E-state index in [9.17, 15) is 0 Å². The van der Waals surface area contributed by atoms with Crippen molar-refractivity contribution in [2.45, 2.75) is 0 Å². The van der Waals surface area contributed by atoms with Crippen molar-refractivity contribution in [3.8, 4) is 11.1 Å². The van der Waals surface area contributed by atoms with E-state index in [1.165, 1.54) is 33.1 Å². The highest BCUT2D eigenvalue weighted by molar-refractivity contribution is 5.86. The molecule has 0 saturated carbocycles. The van der Waals surface area contributed by atoms with Gasteiger partial charge in [-0.25, -0.2) is 4.90 Å². The smallest absolute Gasteiger partial charge is 0.149 e. The molecule has 0 aliphatic carbocycles. The predicted molar refractivity (Wildman–Crippen MR) is 78.3 cm³/mol. The predicted octanol–water partition coefficient (Wildman–Crippen LogP) is 3.85. The van der Waals surface area contributed by atoms with Gasteiger partial charge in [0.05, 0.1) is 0 Å². The van der Waals surface area contributed by atoms with Crippen molar-refractivity contribution in [3.05, 3.63) is 78.9 Å². The zero-order valence-corrected chi connectivity index (χ0v) is 10.5. The van der Waals surface area contributed by atoms with Gasteiger partial charge in [-0.15, -0.1) is 0 Å². The quantitative estimate of drug-likeness (QED) is 0.519. The highest BCUT2D eigenvalue weighted by Crippen LogP contribution is 2.38. The molecule has 3 aromatic rings. The van der Waals surface area contributed by atoms with E-state index in [1.807, 2.05) is 0 Å². The molecule has 1 nitrogen and oxygen atoms in total. The van der Waals surface area contributed by atoms with Gasteiger partial charge < -0.3 is 0 Å². The Balaban J connectivity index is 2.02. The van der Waals surface area contributed by atoms with Gasteiger partial charge in [0.1, 0.15) is 17.1 Å². The Kier molecular flexibility index (Phi) is 2.26. The fourth-order valence-electron chi connectivity index (χ4n) is 2.93. The van der Waals surface area contributed by atoms with E-state index < -0.39 is 0 Å². The molecule has 0 spiro atoms. The van der Waals surface area contributed by atoms with Crippen molar-refractivity contribution in [1.29, 1.82) is 0 Å². The molecule has 1 heteroatoms. The maximum atomic E-state index is 2.22. The number of nitrogens with one attached hydrogen (secondary N) is 1. The fourth-order valence-corrected chi connectivity index (χ4v) is 2.93. The van der Waals surface area contributed by atoms with Gasteiger partial charge in [-0.05, 0) is 24.3 Å². The van der Waals surface area contributed by atoms with Crippen molar-refractivity contribution >= 4 is 17.1 Å². The van der Waals surface area contributed by atoms with Crippen LogP contribution in [0.1, 0.15) is 0 Å². The molecule has 1 aliphatic heterocycles. The highest BCUT2D eigenvalue weighted by Gasteiger charge is 2.32. The number of hydrogen-bond acceptors (Lipinski definition) is 0. The molecule has 0 atom stereocenters. The van der Waals surface area contributed by atoms with Crippen LogP contribution in [0.5, 0.6) is 0 Å². The first-order valence-electron chi connectivity index (χ1n) is 6.57. The Morgan fingerprint density at radius 1 is 0.474 bits per heavy atom. The molecular formula is C18H14N+. The maximum Gasteiger partial charge on any atom is 0.149 e. The standard InChI is InChI=1S/C18H13N/c1-2-8-14(9-3-1)19-17-12-6-4-10-15(17)16-11-5-7-13-18(16)19/h1-13H/p+1. The molecule has 0 saturated heterocycles. The summed E-state index contributed by atoms with van der Waals surface area (Å²) in [5.41, 5.74) is 6.67. The topological polar surface area (TPSA) is 4.44 Å². The number of para-hydroxylation sites is 3. The molecule has 1 aliphatic rings. The summed E-state index contributed by atoms with van der Waals surface area (Å²) in [7, 11) is 0. The molecule has 0 aromatic heterocycles. The molecule has 90 valence electrons. The van der Waals surface area contributed by atoms with E-state index in [1.54, 1.807) is 0 Å². The zero-order valence-electron chi connectivity index (χ0n) is 10.5. The number of quaternary nitrogens is 1. The van der Waals surface area contributed by atoms with Gasteiger partial charge in [0.15, 0.2) is 0 Å². The third-order valence-electron chi connectivity index (χ3n) is 3.75. The Morgan fingerprint density at radius 2 is 0.947 bits per heavy atom. The lowest BCUT2D eigenvalue weighted by Gasteiger charge is -2.13. The molecule has 3 aromatic carbocycles. The van der Waals surface area contributed by atoms with Crippen LogP contribution in [0.2, 0.25) is 0 Å². The van der Waals surface area contributed by atoms with Gasteiger partial charge in [-0.3, -0.25) is 0 Å². The average Bonchev–Trinajstić information content (AvgIpc) is 2.83. The first kappa shape index (κ1) is 10.5. The van der Waals surface area contributed by atoms with Gasteiger partial charge in [-0.1, -0.05) is 42.5 Å². The zero-order chi connectivity index (χ0) is 12.7. The summed E-state index contributed by atoms with van der Waals surface area (Å²) in [4.78, 5) is 1.35. The number of hydrogen-bond donors (Lipinski definition) is 1. The minimum absolute atomic E-state index is 1.29. The van der Waals surface area contributed by atoms with Crippen molar-refractivity contribution in [1.82, 2.24) is 0 Å². The van der Waals surface area contributed by atoms with E-state index >= 15 is 0 Å². The van der Waals surface area contributed by atoms with Crippen molar-refractivity contribution < 1.29 is 4.90 Å². The SMILES string of the molecule is c1ccc([NH+]2c3ccccc3-c3ccccc32)cc1. The summed E-state index contributed by atoms with van der Waals surface area (Å²) in [6.07, 6.45) is 0. The van der Waals surface area contributed by atoms with Crippen LogP contribution < -0.4 is 4.90 Å². The van der Waals surface area contributed by atoms with Crippen molar-refractivity contribution in [2.75, 3.05) is 0 Å². The van der Waals surface area contributed by atoms with Crippen LogP contribution in [-0.4, -0.2) is 0 Å². The molecule has 0 radical (unpaired) electrons. The second-order valence-corrected chi connectivity index (χ2v) is 4.83. The van der Waals surface area contributed by atoms with E-state index in [-0.39, 0.29) is 0 Å². The second kappa shape index (κ2) is 4.08. The van der Waals surface area contributed by atoms with E-state index in [2.05, 4.69) is 78.9 Å². The second-order valence-electron chi connectivity index (χ2n) is 4.83. The van der Waals surface area contributed by atoms with Crippen LogP contribution in [0, 0.1) is 0 Å². The molecule has 1 N–H and O–H groups in total. The van der Waals surface area contributed by atoms with Crippen LogP contribution >= 0.6 is 0 Å². The number of benzene rings is 3. The summed E-state index contributed by atoms with van der Waals surface area (Å²) in [6, 6.07) is 28.0. The van der Waals surface area contributed by atoms with E-state index in [0.29, 0.717) is 0 Å². The van der Waals surface area contributed by atoms with Crippen molar-refractivity contribution in [2.24, 2.45) is 0 Å². The van der Waals surface area contributed by atoms with Gasteiger partial charge in [-0.2, -0.15) is 0 Å². The molecule has 0 bridgehead atoms. The molecule has 1 heterocycles. The third-order valence-corrected chi connectivity index (χ3v) is 3.75. The average molecular weight is 244 g/mol. The highest BCUT2D eigenvalue weighted by atomic mass is 15.2. The lowest BCUT2D eigenvalue weighted by Crippen LogP contribution is -2.95. The molecule has 0 unspecified atom stereocenters. The Morgan fingerprint density at radius 3 is 1.53 bits per heavy atom. The first-order valence-corrected chi connectivity index (χ1v) is 6.57. The molecule has 19 heavy (non-hydrogen) atoms. The Labute approximate surface area is 112 Å². The lowest BCUT2D eigenvalue weighted by molar-refractivity contribution is -0.677. The lowest BCUT2D eigenvalue weighted by atomic mass is 10.1. The van der Waals surface area contributed by atoms with Gasteiger partial charge in [0, 0.05) is 23.3 Å². The van der Waals surface area contributed by atoms with Crippen LogP contribution in [0.15, 0.2) is 78.9 Å². The van der Waals surface area contributed by atoms with E-state index in [0.717, 1.165) is 0 Å². The summed E-state index contributed by atoms with van der Waals surface area (Å²) < 4.78 is 0. The summed E-state index contributed by atoms with van der Waals surface area (Å²) >= 11 is 0. The van der Waals surface area contributed by atoms with Gasteiger partial charge in [0.2, 0.25) is 0 Å². The van der Waals surface area contributed by atoms with Gasteiger partial charge >= 0.3 is 0 Å². The van der Waals surface area contributed by atoms with Gasteiger partial charge in [0.25, 0.3) is 0 Å². The summed E-state index contributed by atoms with van der Waals surface area (Å²) in [5, 5.41) is 0. The minimum Gasteiger partial charge on any atom is -0.237 e. The first-order chi connectivity index (χ1) is 9.45. The van der Waals surface area contributed by atoms with Crippen molar-refractivity contribution in [3.63, 3.8) is 0 Å². The van der Waals surface area contributed by atoms with Crippen LogP contribution in [0.3, 0.4) is 0 Å². The Hall–Kier alpha value is -2.38. The molecule has 0 amide bonds. The molecule has 0 fully saturated rings. The summed E-state index contributed by atoms with van der Waals surface area (Å²) in [6.45, 7) is 0. The third kappa shape index (κ3) is 1.52. The molecular weight excluding hydrogens is 230 g/mol. The fraction of sp³-hybridized carbons (Fsp3) is 0. The largest absolute Gasteiger partial charge is 0.237 e. The monoisotopic (exact) mass is 244 g/mol. The summed E-state index contributed by atoms with van der Waals surface area (Å²) in [5.74, 6) is 0. The number of fused-ring (bicyclic) bond motifs is 3. The Bertz CT molecular complexity index is 686. The van der Waals surface area contributed by atoms with Crippen LogP contribution in [0.25, 0.3) is 11.1 Å². The molecule has 4 rings (SSSR count). The normalized spacial score (nSPS) is 13.1. The van der Waals surface area contributed by atoms with E-state index in [4.69, 9.17) is 0 Å².